The number of aliphatic hydroxyl groups is 7. The molecule has 0 radical (unpaired) electrons. The lowest BCUT2D eigenvalue weighted by Gasteiger charge is -2.49. The van der Waals surface area contributed by atoms with Gasteiger partial charge < -0.3 is 60.4 Å². The summed E-state index contributed by atoms with van der Waals surface area (Å²) >= 11 is 0. The van der Waals surface area contributed by atoms with Crippen LogP contribution >= 0.6 is 0 Å². The van der Waals surface area contributed by atoms with Crippen molar-refractivity contribution in [2.24, 2.45) is 0 Å². The molecule has 0 saturated carbocycles. The Morgan fingerprint density at radius 1 is 1.18 bits per heavy atom. The molecule has 1 amide bonds. The van der Waals surface area contributed by atoms with E-state index in [0.29, 0.717) is 0 Å². The Hall–Kier alpha value is -2.78. The molecule has 214 valence electrons. The number of amides is 1. The summed E-state index contributed by atoms with van der Waals surface area (Å²) in [5.74, 6) is -6.01. The van der Waals surface area contributed by atoms with Crippen molar-refractivity contribution in [3.63, 3.8) is 0 Å². The van der Waals surface area contributed by atoms with Crippen LogP contribution in [0.25, 0.3) is 0 Å². The third kappa shape index (κ3) is 5.50. The van der Waals surface area contributed by atoms with Crippen molar-refractivity contribution < 1.29 is 64.7 Å². The number of carboxylic acid groups (broad SMARTS) is 1. The van der Waals surface area contributed by atoms with Gasteiger partial charge in [-0.3, -0.25) is 19.1 Å². The maximum absolute atomic E-state index is 12.2. The number of nitrogens with one attached hydrogen (secondary N) is 2. The van der Waals surface area contributed by atoms with E-state index in [1.807, 2.05) is 4.98 Å². The average Bonchev–Trinajstić information content (AvgIpc) is 3.13. The predicted octanol–water partition coefficient (Wildman–Crippen LogP) is -6.71. The molecule has 0 aliphatic carbocycles. The average molecular weight is 551 g/mol. The van der Waals surface area contributed by atoms with Gasteiger partial charge in [0.25, 0.3) is 11.3 Å². The number of carbonyl (C=O) groups excluding carboxylic acids is 1. The molecule has 2 aliphatic rings. The second-order valence-corrected chi connectivity index (χ2v) is 8.83. The molecule has 3 heterocycles. The first-order valence-corrected chi connectivity index (χ1v) is 11.2. The number of rotatable bonds is 9. The van der Waals surface area contributed by atoms with E-state index in [1.165, 1.54) is 0 Å². The highest BCUT2D eigenvalue weighted by molar-refractivity contribution is 5.77. The van der Waals surface area contributed by atoms with Gasteiger partial charge >= 0.3 is 11.7 Å². The Bertz CT molecular complexity index is 1130. The number of ether oxygens (including phenoxy) is 3. The Kier molecular flexibility index (Phi) is 9.04. The van der Waals surface area contributed by atoms with Crippen molar-refractivity contribution in [3.05, 3.63) is 33.1 Å². The Morgan fingerprint density at radius 3 is 2.39 bits per heavy atom. The molecular formula is C20H29N3O15. The summed E-state index contributed by atoms with van der Waals surface area (Å²) in [6, 6.07) is -0.736. The summed E-state index contributed by atoms with van der Waals surface area (Å²) < 4.78 is 16.7. The molecule has 0 aromatic carbocycles. The molecule has 0 unspecified atom stereocenters. The molecular weight excluding hydrogens is 522 g/mol. The molecule has 0 bridgehead atoms. The van der Waals surface area contributed by atoms with E-state index < -0.39 is 103 Å². The Balaban J connectivity index is 1.88. The van der Waals surface area contributed by atoms with Gasteiger partial charge in [0.05, 0.1) is 19.3 Å². The van der Waals surface area contributed by atoms with Gasteiger partial charge in [-0.25, -0.2) is 9.59 Å². The minimum Gasteiger partial charge on any atom is -0.477 e. The largest absolute Gasteiger partial charge is 0.477 e. The first-order valence-electron chi connectivity index (χ1n) is 11.2. The number of aliphatic carboxylic acids is 1. The highest BCUT2D eigenvalue weighted by Gasteiger charge is 2.62. The zero-order valence-corrected chi connectivity index (χ0v) is 19.7. The van der Waals surface area contributed by atoms with E-state index in [0.717, 1.165) is 23.8 Å². The standard InChI is InChI=1S/C20H29N3O15/c1-6(25)21-10-13(30)16(32)20(18(33)34,38-15(10)11(28)7(26)4-24)36-5-8-12(29)14(31)17(37-8)23-3-2-9(27)22-19(23)35/h2-3,7-8,10-17,24,26,28-32H,4-5H2,1H3,(H,21,25)(H,33,34)(H,22,27,35)/t7-,8-,10-,11-,12-,13-,14-,15-,16+,17-,20-/m1/s1. The molecule has 3 rings (SSSR count). The van der Waals surface area contributed by atoms with Crippen molar-refractivity contribution in [1.29, 1.82) is 0 Å². The molecule has 18 nitrogen and oxygen atoms in total. The lowest BCUT2D eigenvalue weighted by atomic mass is 9.86. The van der Waals surface area contributed by atoms with E-state index in [4.69, 9.17) is 14.2 Å². The number of aliphatic hydroxyl groups excluding tert-OH is 7. The van der Waals surface area contributed by atoms with Gasteiger partial charge in [0.15, 0.2) is 6.23 Å². The van der Waals surface area contributed by atoms with Crippen LogP contribution in [0, 0.1) is 0 Å². The van der Waals surface area contributed by atoms with Gasteiger partial charge in [0.2, 0.25) is 5.91 Å². The molecule has 1 aromatic rings. The highest BCUT2D eigenvalue weighted by atomic mass is 16.7. The van der Waals surface area contributed by atoms with Crippen LogP contribution in [0.3, 0.4) is 0 Å². The number of carbonyl (C=O) groups is 2. The van der Waals surface area contributed by atoms with E-state index in [1.54, 1.807) is 0 Å². The van der Waals surface area contributed by atoms with Crippen LogP contribution in [0.2, 0.25) is 0 Å². The second-order valence-electron chi connectivity index (χ2n) is 8.83. The zero-order valence-electron chi connectivity index (χ0n) is 19.7. The van der Waals surface area contributed by atoms with Crippen molar-refractivity contribution >= 4 is 11.9 Å². The number of carboxylic acids is 1. The van der Waals surface area contributed by atoms with E-state index >= 15 is 0 Å². The van der Waals surface area contributed by atoms with Crippen LogP contribution in [0.4, 0.5) is 0 Å². The summed E-state index contributed by atoms with van der Waals surface area (Å²) in [6.45, 7) is -0.965. The molecule has 1 aromatic heterocycles. The molecule has 11 atom stereocenters. The Labute approximate surface area is 212 Å². The van der Waals surface area contributed by atoms with Crippen LogP contribution in [0.15, 0.2) is 21.9 Å². The molecule has 2 fully saturated rings. The van der Waals surface area contributed by atoms with E-state index in [2.05, 4.69) is 5.32 Å². The molecule has 2 saturated heterocycles. The van der Waals surface area contributed by atoms with Gasteiger partial charge in [-0.15, -0.1) is 0 Å². The lowest BCUT2D eigenvalue weighted by molar-refractivity contribution is -0.351. The summed E-state index contributed by atoms with van der Waals surface area (Å²) in [5.41, 5.74) is -1.74. The summed E-state index contributed by atoms with van der Waals surface area (Å²) in [7, 11) is 0. The lowest BCUT2D eigenvalue weighted by Crippen LogP contribution is -2.74. The van der Waals surface area contributed by atoms with Crippen LogP contribution in [0.1, 0.15) is 13.2 Å². The maximum Gasteiger partial charge on any atom is 0.367 e. The van der Waals surface area contributed by atoms with E-state index in [-0.39, 0.29) is 0 Å². The number of hydrogen-bond acceptors (Lipinski definition) is 14. The number of nitrogens with zero attached hydrogens (tertiary/aromatic N) is 1. The van der Waals surface area contributed by atoms with Gasteiger partial charge in [-0.05, 0) is 0 Å². The maximum atomic E-state index is 12.2. The van der Waals surface area contributed by atoms with Gasteiger partial charge in [0.1, 0.15) is 48.8 Å². The molecule has 18 heteroatoms. The SMILES string of the molecule is CC(=O)N[C@@H]1[C@@H](O)[C@H](O)[C@](OC[C@H]2O[C@@H](n3ccc(=O)[nH]c3=O)[C@H](O)[C@@H]2O)(C(=O)O)O[C@H]1[C@H](O)[C@H](O)CO. The summed E-state index contributed by atoms with van der Waals surface area (Å²) in [5, 5.41) is 83.6. The minimum absolute atomic E-state index is 0.745. The van der Waals surface area contributed by atoms with Crippen LogP contribution in [0.5, 0.6) is 0 Å². The summed E-state index contributed by atoms with van der Waals surface area (Å²) in [6.07, 6.45) is -16.3. The van der Waals surface area contributed by atoms with Crippen LogP contribution < -0.4 is 16.6 Å². The zero-order chi connectivity index (χ0) is 28.5. The fourth-order valence-corrected chi connectivity index (χ4v) is 4.26. The first kappa shape index (κ1) is 29.8. The number of hydrogen-bond donors (Lipinski definition) is 10. The van der Waals surface area contributed by atoms with Crippen LogP contribution in [-0.4, -0.2) is 136 Å². The first-order chi connectivity index (χ1) is 17.7. The Morgan fingerprint density at radius 2 is 1.84 bits per heavy atom. The van der Waals surface area contributed by atoms with Crippen molar-refractivity contribution in [3.8, 4) is 0 Å². The van der Waals surface area contributed by atoms with Gasteiger partial charge in [-0.2, -0.15) is 0 Å². The molecule has 38 heavy (non-hydrogen) atoms. The van der Waals surface area contributed by atoms with E-state index in [9.17, 15) is 60.0 Å². The third-order valence-electron chi connectivity index (χ3n) is 6.26. The fourth-order valence-electron chi connectivity index (χ4n) is 4.26. The minimum atomic E-state index is -3.18. The van der Waals surface area contributed by atoms with Crippen LogP contribution in [-0.2, 0) is 23.8 Å². The fraction of sp³-hybridized carbons (Fsp3) is 0.700. The molecule has 10 N–H and O–H groups in total. The van der Waals surface area contributed by atoms with Crippen molar-refractivity contribution in [2.75, 3.05) is 13.2 Å². The number of aromatic amines is 1. The monoisotopic (exact) mass is 551 g/mol. The van der Waals surface area contributed by atoms with Crippen molar-refractivity contribution in [2.45, 2.75) is 73.8 Å². The van der Waals surface area contributed by atoms with Crippen molar-refractivity contribution in [1.82, 2.24) is 14.9 Å². The normalized spacial score (nSPS) is 36.9. The highest BCUT2D eigenvalue weighted by Crippen LogP contribution is 2.36. The topological polar surface area (TPSA) is 291 Å². The van der Waals surface area contributed by atoms with Gasteiger partial charge in [0, 0.05) is 19.2 Å². The molecule has 0 spiro atoms. The quantitative estimate of drug-likeness (QED) is 0.136. The predicted molar refractivity (Wildman–Crippen MR) is 117 cm³/mol. The number of aromatic nitrogens is 2. The number of H-pyrrole nitrogens is 1. The molecule has 2 aliphatic heterocycles. The van der Waals surface area contributed by atoms with Gasteiger partial charge in [-0.1, -0.05) is 0 Å². The summed E-state index contributed by atoms with van der Waals surface area (Å²) in [4.78, 5) is 49.1. The smallest absolute Gasteiger partial charge is 0.367 e. The third-order valence-corrected chi connectivity index (χ3v) is 6.26. The second kappa shape index (κ2) is 11.5.